The van der Waals surface area contributed by atoms with E-state index in [1.165, 1.54) is 0 Å². The van der Waals surface area contributed by atoms with Crippen molar-refractivity contribution < 1.29 is 14.6 Å². The molecular formula is C20H26O3. The molecule has 1 aromatic carbocycles. The fourth-order valence-electron chi connectivity index (χ4n) is 5.83. The van der Waals surface area contributed by atoms with Crippen molar-refractivity contribution in [3.05, 3.63) is 34.9 Å². The number of hydrogen-bond donors (Lipinski definition) is 1. The first kappa shape index (κ1) is 15.2. The van der Waals surface area contributed by atoms with Crippen LogP contribution in [0.15, 0.2) is 18.2 Å². The van der Waals surface area contributed by atoms with Crippen LogP contribution >= 0.6 is 0 Å². The quantitative estimate of drug-likeness (QED) is 0.803. The first-order chi connectivity index (χ1) is 10.6. The molecule has 2 fully saturated rings. The van der Waals surface area contributed by atoms with E-state index in [4.69, 9.17) is 4.74 Å². The Morgan fingerprint density at radius 1 is 1.13 bits per heavy atom. The van der Waals surface area contributed by atoms with E-state index in [0.29, 0.717) is 5.92 Å². The third-order valence-corrected chi connectivity index (χ3v) is 6.95. The van der Waals surface area contributed by atoms with E-state index in [1.807, 2.05) is 6.07 Å². The van der Waals surface area contributed by atoms with Gasteiger partial charge >= 0.3 is 5.97 Å². The lowest BCUT2D eigenvalue weighted by molar-refractivity contribution is -0.326. The van der Waals surface area contributed by atoms with Gasteiger partial charge in [-0.05, 0) is 29.9 Å². The van der Waals surface area contributed by atoms with Gasteiger partial charge in [0, 0.05) is 16.4 Å². The van der Waals surface area contributed by atoms with Crippen LogP contribution in [0.1, 0.15) is 76.5 Å². The summed E-state index contributed by atoms with van der Waals surface area (Å²) in [6.45, 7) is 10.7. The number of carbonyl (C=O) groups excluding carboxylic acids is 1. The number of aliphatic hydroxyl groups is 1. The van der Waals surface area contributed by atoms with Crippen LogP contribution in [0.2, 0.25) is 0 Å². The standard InChI is InChI=1S/C20H26O3/c1-12(2)13-7-8-14-15(11-13)19(22)16(21)23-20(19)17(3,4)9-6-10-18(14,20)5/h7-8,11-12,22H,6,9-10H2,1-5H3/t18-,19+,20-/m1/s1. The molecule has 1 saturated carbocycles. The zero-order valence-electron chi connectivity index (χ0n) is 14.7. The molecule has 0 amide bonds. The maximum Gasteiger partial charge on any atom is 0.347 e. The van der Waals surface area contributed by atoms with Gasteiger partial charge in [-0.1, -0.05) is 59.2 Å². The van der Waals surface area contributed by atoms with Gasteiger partial charge in [-0.15, -0.1) is 0 Å². The number of rotatable bonds is 1. The molecule has 1 aliphatic heterocycles. The molecule has 0 unspecified atom stereocenters. The van der Waals surface area contributed by atoms with Crippen molar-refractivity contribution in [3.8, 4) is 0 Å². The van der Waals surface area contributed by atoms with Gasteiger partial charge < -0.3 is 9.84 Å². The molecule has 1 heterocycles. The average molecular weight is 314 g/mol. The van der Waals surface area contributed by atoms with Crippen molar-refractivity contribution in [1.29, 1.82) is 0 Å². The van der Waals surface area contributed by atoms with Crippen LogP contribution in [-0.2, 0) is 20.5 Å². The van der Waals surface area contributed by atoms with Gasteiger partial charge in [-0.3, -0.25) is 0 Å². The van der Waals surface area contributed by atoms with Crippen molar-refractivity contribution in [1.82, 2.24) is 0 Å². The molecule has 1 aromatic rings. The molecule has 3 heteroatoms. The highest BCUT2D eigenvalue weighted by molar-refractivity contribution is 5.93. The molecule has 2 aliphatic carbocycles. The molecular weight excluding hydrogens is 288 g/mol. The Hall–Kier alpha value is -1.35. The van der Waals surface area contributed by atoms with Gasteiger partial charge in [0.05, 0.1) is 0 Å². The summed E-state index contributed by atoms with van der Waals surface area (Å²) in [5.41, 5.74) is 0.154. The molecule has 0 radical (unpaired) electrons. The minimum absolute atomic E-state index is 0.250. The normalized spacial score (nSPS) is 40.0. The monoisotopic (exact) mass is 314 g/mol. The number of benzene rings is 1. The summed E-state index contributed by atoms with van der Waals surface area (Å²) in [5.74, 6) is -0.113. The van der Waals surface area contributed by atoms with Crippen LogP contribution in [0.4, 0.5) is 0 Å². The van der Waals surface area contributed by atoms with Crippen LogP contribution in [0, 0.1) is 5.41 Å². The highest BCUT2D eigenvalue weighted by atomic mass is 16.6. The van der Waals surface area contributed by atoms with Crippen molar-refractivity contribution in [3.63, 3.8) is 0 Å². The van der Waals surface area contributed by atoms with E-state index in [9.17, 15) is 9.90 Å². The number of fused-ring (bicyclic) bond motifs is 3. The van der Waals surface area contributed by atoms with Crippen LogP contribution in [0.5, 0.6) is 0 Å². The molecule has 124 valence electrons. The van der Waals surface area contributed by atoms with Gasteiger partial charge in [0.2, 0.25) is 5.60 Å². The second-order valence-corrected chi connectivity index (χ2v) is 8.81. The van der Waals surface area contributed by atoms with Crippen LogP contribution in [0.3, 0.4) is 0 Å². The molecule has 1 saturated heterocycles. The Morgan fingerprint density at radius 2 is 1.83 bits per heavy atom. The van der Waals surface area contributed by atoms with Gasteiger partial charge in [-0.25, -0.2) is 4.79 Å². The second-order valence-electron chi connectivity index (χ2n) is 8.81. The molecule has 0 aromatic heterocycles. The lowest BCUT2D eigenvalue weighted by Gasteiger charge is -2.65. The van der Waals surface area contributed by atoms with E-state index in [2.05, 4.69) is 46.8 Å². The smallest absolute Gasteiger partial charge is 0.347 e. The maximum atomic E-state index is 12.5. The van der Waals surface area contributed by atoms with Gasteiger partial charge in [0.25, 0.3) is 0 Å². The highest BCUT2D eigenvalue weighted by Gasteiger charge is 2.86. The zero-order valence-corrected chi connectivity index (χ0v) is 14.7. The van der Waals surface area contributed by atoms with E-state index >= 15 is 0 Å². The summed E-state index contributed by atoms with van der Waals surface area (Å²) in [6.07, 6.45) is 2.99. The van der Waals surface area contributed by atoms with Crippen molar-refractivity contribution in [2.75, 3.05) is 0 Å². The van der Waals surface area contributed by atoms with E-state index < -0.39 is 17.2 Å². The molecule has 3 nitrogen and oxygen atoms in total. The highest BCUT2D eigenvalue weighted by Crippen LogP contribution is 2.73. The van der Waals surface area contributed by atoms with E-state index in [1.54, 1.807) is 0 Å². The largest absolute Gasteiger partial charge is 0.451 e. The number of esters is 1. The summed E-state index contributed by atoms with van der Waals surface area (Å²) in [7, 11) is 0. The molecule has 23 heavy (non-hydrogen) atoms. The van der Waals surface area contributed by atoms with Gasteiger partial charge in [0.15, 0.2) is 5.60 Å². The third kappa shape index (κ3) is 1.32. The maximum absolute atomic E-state index is 12.5. The summed E-state index contributed by atoms with van der Waals surface area (Å²) < 4.78 is 5.87. The Morgan fingerprint density at radius 3 is 2.43 bits per heavy atom. The lowest BCUT2D eigenvalue weighted by atomic mass is 9.48. The third-order valence-electron chi connectivity index (χ3n) is 6.95. The summed E-state index contributed by atoms with van der Waals surface area (Å²) >= 11 is 0. The Balaban J connectivity index is 2.04. The Labute approximate surface area is 138 Å². The summed E-state index contributed by atoms with van der Waals surface area (Å²) in [6, 6.07) is 6.31. The van der Waals surface area contributed by atoms with Gasteiger partial charge in [0.1, 0.15) is 0 Å². The fraction of sp³-hybridized carbons (Fsp3) is 0.650. The molecule has 3 aliphatic rings. The number of carbonyl (C=O) groups is 1. The molecule has 1 N–H and O–H groups in total. The first-order valence-corrected chi connectivity index (χ1v) is 8.72. The number of ether oxygens (including phenoxy) is 1. The van der Waals surface area contributed by atoms with Crippen LogP contribution < -0.4 is 0 Å². The SMILES string of the molecule is CC(C)c1ccc2c(c1)[C@]1(O)C(=O)O[C@@]13C(C)(C)CCC[C@]23C. The first-order valence-electron chi connectivity index (χ1n) is 8.72. The predicted molar refractivity (Wildman–Crippen MR) is 88.2 cm³/mol. The van der Waals surface area contributed by atoms with Gasteiger partial charge in [-0.2, -0.15) is 0 Å². The summed E-state index contributed by atoms with van der Waals surface area (Å²) in [4.78, 5) is 12.5. The predicted octanol–water partition coefficient (Wildman–Crippen LogP) is 3.77. The zero-order chi connectivity index (χ0) is 16.8. The topological polar surface area (TPSA) is 46.5 Å². The van der Waals surface area contributed by atoms with E-state index in [-0.39, 0.29) is 10.8 Å². The lowest BCUT2D eigenvalue weighted by Crippen LogP contribution is -2.79. The van der Waals surface area contributed by atoms with Crippen LogP contribution in [0.25, 0.3) is 0 Å². The summed E-state index contributed by atoms with van der Waals surface area (Å²) in [5, 5.41) is 11.6. The average Bonchev–Trinajstić information content (AvgIpc) is 2.61. The van der Waals surface area contributed by atoms with E-state index in [0.717, 1.165) is 36.0 Å². The Kier molecular flexibility index (Phi) is 2.64. The Bertz CT molecular complexity index is 720. The number of hydrogen-bond acceptors (Lipinski definition) is 3. The minimum atomic E-state index is -1.49. The molecule has 0 bridgehead atoms. The minimum Gasteiger partial charge on any atom is -0.451 e. The van der Waals surface area contributed by atoms with Crippen molar-refractivity contribution >= 4 is 5.97 Å². The van der Waals surface area contributed by atoms with Crippen molar-refractivity contribution in [2.24, 2.45) is 5.41 Å². The fourth-order valence-corrected chi connectivity index (χ4v) is 5.83. The van der Waals surface area contributed by atoms with Crippen LogP contribution in [-0.4, -0.2) is 16.7 Å². The molecule has 4 rings (SSSR count). The van der Waals surface area contributed by atoms with Crippen molar-refractivity contribution in [2.45, 2.75) is 76.4 Å². The molecule has 3 atom stereocenters. The second kappa shape index (κ2) is 4.00. The molecule has 1 spiro atoms.